The fraction of sp³-hybridized carbons (Fsp3) is 0.875. The van der Waals surface area contributed by atoms with Gasteiger partial charge in [0.1, 0.15) is 0 Å². The highest BCUT2D eigenvalue weighted by Crippen LogP contribution is 2.06. The van der Waals surface area contributed by atoms with Crippen LogP contribution in [0.4, 0.5) is 0 Å². The Labute approximate surface area is 67.4 Å². The number of hydrogen-bond donors (Lipinski definition) is 1. The van der Waals surface area contributed by atoms with E-state index in [1.165, 1.54) is 0 Å². The Balaban J connectivity index is 3.66. The van der Waals surface area contributed by atoms with Gasteiger partial charge in [-0.3, -0.25) is 4.79 Å². The lowest BCUT2D eigenvalue weighted by molar-refractivity contribution is -0.141. The largest absolute Gasteiger partial charge is 0.481 e. The lowest BCUT2D eigenvalue weighted by Gasteiger charge is -2.16. The van der Waals surface area contributed by atoms with E-state index in [0.29, 0.717) is 0 Å². The van der Waals surface area contributed by atoms with Crippen LogP contribution in [-0.2, 0) is 9.53 Å². The normalized spacial score (nSPS) is 13.5. The molecule has 0 bridgehead atoms. The molecular formula is C8H16O3. The lowest BCUT2D eigenvalue weighted by Crippen LogP contribution is -2.20. The number of hydrogen-bond acceptors (Lipinski definition) is 2. The van der Waals surface area contributed by atoms with Gasteiger partial charge in [0.15, 0.2) is 0 Å². The molecule has 0 rings (SSSR count). The smallest absolute Gasteiger partial charge is 0.305 e. The standard InChI is InChI=1S/C8H16O3/c1-4-7(5-8(9)10)11-6(2)3/h6-7H,4-5H2,1-3H3,(H,9,10). The van der Waals surface area contributed by atoms with Crippen LogP contribution in [0, 0.1) is 0 Å². The van der Waals surface area contributed by atoms with Gasteiger partial charge in [-0.1, -0.05) is 6.92 Å². The summed E-state index contributed by atoms with van der Waals surface area (Å²) in [5.41, 5.74) is 0. The van der Waals surface area contributed by atoms with Crippen molar-refractivity contribution >= 4 is 5.97 Å². The van der Waals surface area contributed by atoms with Gasteiger partial charge in [-0.05, 0) is 20.3 Å². The van der Waals surface area contributed by atoms with Crippen LogP contribution in [-0.4, -0.2) is 23.3 Å². The average Bonchev–Trinajstić information content (AvgIpc) is 1.84. The number of carbonyl (C=O) groups is 1. The Morgan fingerprint density at radius 1 is 1.55 bits per heavy atom. The highest BCUT2D eigenvalue weighted by molar-refractivity contribution is 5.67. The molecule has 0 spiro atoms. The monoisotopic (exact) mass is 160 g/mol. The minimum absolute atomic E-state index is 0.106. The van der Waals surface area contributed by atoms with Crippen molar-refractivity contribution in [3.8, 4) is 0 Å². The van der Waals surface area contributed by atoms with Crippen LogP contribution in [0.5, 0.6) is 0 Å². The first-order chi connectivity index (χ1) is 5.06. The van der Waals surface area contributed by atoms with Crippen molar-refractivity contribution in [2.45, 2.75) is 45.8 Å². The van der Waals surface area contributed by atoms with E-state index in [0.717, 1.165) is 6.42 Å². The average molecular weight is 160 g/mol. The molecule has 66 valence electrons. The first-order valence-electron chi connectivity index (χ1n) is 3.93. The SMILES string of the molecule is CCC(CC(=O)O)OC(C)C. The van der Waals surface area contributed by atoms with Crippen molar-refractivity contribution in [1.29, 1.82) is 0 Å². The van der Waals surface area contributed by atoms with E-state index in [1.807, 2.05) is 20.8 Å². The predicted octanol–water partition coefficient (Wildman–Crippen LogP) is 1.66. The third-order valence-electron chi connectivity index (χ3n) is 1.32. The molecule has 0 aromatic heterocycles. The molecule has 3 heteroatoms. The van der Waals surface area contributed by atoms with Crippen LogP contribution >= 0.6 is 0 Å². The Hall–Kier alpha value is -0.570. The summed E-state index contributed by atoms with van der Waals surface area (Å²) in [7, 11) is 0. The molecule has 0 heterocycles. The van der Waals surface area contributed by atoms with Crippen molar-refractivity contribution in [1.82, 2.24) is 0 Å². The molecule has 0 amide bonds. The maximum Gasteiger partial charge on any atom is 0.305 e. The molecule has 0 aromatic rings. The molecule has 1 unspecified atom stereocenters. The topological polar surface area (TPSA) is 46.5 Å². The zero-order valence-corrected chi connectivity index (χ0v) is 7.33. The second-order valence-corrected chi connectivity index (χ2v) is 2.81. The summed E-state index contributed by atoms with van der Waals surface area (Å²) in [5, 5.41) is 8.45. The Bertz CT molecular complexity index is 121. The van der Waals surface area contributed by atoms with Crippen LogP contribution in [0.15, 0.2) is 0 Å². The van der Waals surface area contributed by atoms with Gasteiger partial charge in [0, 0.05) is 0 Å². The fourth-order valence-corrected chi connectivity index (χ4v) is 0.868. The van der Waals surface area contributed by atoms with Crippen molar-refractivity contribution < 1.29 is 14.6 Å². The van der Waals surface area contributed by atoms with Crippen LogP contribution in [0.2, 0.25) is 0 Å². The maximum atomic E-state index is 10.3. The summed E-state index contributed by atoms with van der Waals surface area (Å²) >= 11 is 0. The van der Waals surface area contributed by atoms with Crippen LogP contribution < -0.4 is 0 Å². The summed E-state index contributed by atoms with van der Waals surface area (Å²) in [5.74, 6) is -0.794. The Morgan fingerprint density at radius 3 is 2.36 bits per heavy atom. The molecule has 0 fully saturated rings. The minimum Gasteiger partial charge on any atom is -0.481 e. The number of carboxylic acids is 1. The zero-order valence-electron chi connectivity index (χ0n) is 7.33. The first-order valence-corrected chi connectivity index (χ1v) is 3.93. The molecule has 0 aromatic carbocycles. The number of aliphatic carboxylic acids is 1. The van der Waals surface area contributed by atoms with E-state index in [1.54, 1.807) is 0 Å². The highest BCUT2D eigenvalue weighted by Gasteiger charge is 2.12. The Kier molecular flexibility index (Phi) is 4.86. The van der Waals surface area contributed by atoms with Crippen LogP contribution in [0.3, 0.4) is 0 Å². The van der Waals surface area contributed by atoms with Crippen molar-refractivity contribution in [3.63, 3.8) is 0 Å². The summed E-state index contributed by atoms with van der Waals surface area (Å²) in [4.78, 5) is 10.3. The van der Waals surface area contributed by atoms with Gasteiger partial charge in [0.05, 0.1) is 18.6 Å². The number of rotatable bonds is 5. The van der Waals surface area contributed by atoms with Gasteiger partial charge in [-0.2, -0.15) is 0 Å². The molecule has 0 saturated heterocycles. The van der Waals surface area contributed by atoms with Crippen LogP contribution in [0.1, 0.15) is 33.6 Å². The molecular weight excluding hydrogens is 144 g/mol. The van der Waals surface area contributed by atoms with Crippen molar-refractivity contribution in [3.05, 3.63) is 0 Å². The summed E-state index contributed by atoms with van der Waals surface area (Å²) in [6, 6.07) is 0. The summed E-state index contributed by atoms with van der Waals surface area (Å²) in [6.45, 7) is 5.74. The number of ether oxygens (including phenoxy) is 1. The summed E-state index contributed by atoms with van der Waals surface area (Å²) in [6.07, 6.45) is 0.839. The first kappa shape index (κ1) is 10.4. The summed E-state index contributed by atoms with van der Waals surface area (Å²) < 4.78 is 5.33. The number of carboxylic acid groups (broad SMARTS) is 1. The molecule has 0 saturated carbocycles. The fourth-order valence-electron chi connectivity index (χ4n) is 0.868. The molecule has 1 atom stereocenters. The van der Waals surface area contributed by atoms with E-state index >= 15 is 0 Å². The third kappa shape index (κ3) is 5.85. The zero-order chi connectivity index (χ0) is 8.85. The van der Waals surface area contributed by atoms with Gasteiger partial charge < -0.3 is 9.84 Å². The van der Waals surface area contributed by atoms with Gasteiger partial charge in [-0.15, -0.1) is 0 Å². The minimum atomic E-state index is -0.794. The quantitative estimate of drug-likeness (QED) is 0.665. The molecule has 0 aliphatic heterocycles. The van der Waals surface area contributed by atoms with Gasteiger partial charge in [-0.25, -0.2) is 0 Å². The van der Waals surface area contributed by atoms with E-state index < -0.39 is 5.97 Å². The molecule has 11 heavy (non-hydrogen) atoms. The van der Waals surface area contributed by atoms with Crippen molar-refractivity contribution in [2.24, 2.45) is 0 Å². The maximum absolute atomic E-state index is 10.3. The molecule has 1 N–H and O–H groups in total. The molecule has 0 radical (unpaired) electrons. The van der Waals surface area contributed by atoms with Gasteiger partial charge >= 0.3 is 5.97 Å². The highest BCUT2D eigenvalue weighted by atomic mass is 16.5. The van der Waals surface area contributed by atoms with E-state index in [4.69, 9.17) is 9.84 Å². The lowest BCUT2D eigenvalue weighted by atomic mass is 10.2. The molecule has 0 aliphatic carbocycles. The molecule has 3 nitrogen and oxygen atoms in total. The van der Waals surface area contributed by atoms with E-state index in [2.05, 4.69) is 0 Å². The van der Waals surface area contributed by atoms with Crippen LogP contribution in [0.25, 0.3) is 0 Å². The molecule has 0 aliphatic rings. The van der Waals surface area contributed by atoms with E-state index in [-0.39, 0.29) is 18.6 Å². The van der Waals surface area contributed by atoms with Gasteiger partial charge in [0.2, 0.25) is 0 Å². The Morgan fingerprint density at radius 2 is 2.09 bits per heavy atom. The van der Waals surface area contributed by atoms with E-state index in [9.17, 15) is 4.79 Å². The second-order valence-electron chi connectivity index (χ2n) is 2.81. The van der Waals surface area contributed by atoms with Crippen molar-refractivity contribution in [2.75, 3.05) is 0 Å². The predicted molar refractivity (Wildman–Crippen MR) is 42.6 cm³/mol. The van der Waals surface area contributed by atoms with Gasteiger partial charge in [0.25, 0.3) is 0 Å². The second kappa shape index (κ2) is 5.13. The third-order valence-corrected chi connectivity index (χ3v) is 1.32.